The first-order chi connectivity index (χ1) is 14.3. The normalized spacial score (nSPS) is 11.6. The molecule has 138 valence electrons. The third kappa shape index (κ3) is 2.87. The van der Waals surface area contributed by atoms with Crippen LogP contribution in [-0.2, 0) is 0 Å². The Hall–Kier alpha value is -2.65. The van der Waals surface area contributed by atoms with Crippen molar-refractivity contribution in [2.45, 2.75) is 0 Å². The summed E-state index contributed by atoms with van der Waals surface area (Å²) < 4.78 is 5.49. The van der Waals surface area contributed by atoms with Crippen molar-refractivity contribution in [2.24, 2.45) is 0 Å². The van der Waals surface area contributed by atoms with Crippen molar-refractivity contribution < 1.29 is 0 Å². The number of rotatable bonds is 2. The molecule has 3 heteroatoms. The topological polar surface area (TPSA) is 0 Å². The van der Waals surface area contributed by atoms with Gasteiger partial charge in [0.05, 0.1) is 9.40 Å². The largest absolute Gasteiger partial charge is 0.134 e. The maximum Gasteiger partial charge on any atom is 0.0542 e. The van der Waals surface area contributed by atoms with Crippen LogP contribution in [-0.4, -0.2) is 0 Å². The highest BCUT2D eigenvalue weighted by molar-refractivity contribution is 7.36. The molecule has 0 nitrogen and oxygen atoms in total. The van der Waals surface area contributed by atoms with Crippen LogP contribution >= 0.6 is 34.3 Å². The first-order valence-electron chi connectivity index (χ1n) is 9.46. The number of benzene rings is 4. The average molecular weight is 427 g/mol. The molecule has 6 rings (SSSR count). The lowest BCUT2D eigenvalue weighted by atomic mass is 10.0. The van der Waals surface area contributed by atoms with Crippen molar-refractivity contribution in [3.8, 4) is 22.3 Å². The molecule has 0 saturated carbocycles. The van der Waals surface area contributed by atoms with E-state index in [0.29, 0.717) is 0 Å². The van der Waals surface area contributed by atoms with Crippen LogP contribution < -0.4 is 0 Å². The van der Waals surface area contributed by atoms with E-state index in [2.05, 4.69) is 78.9 Å². The molecule has 0 radical (unpaired) electrons. The molecule has 29 heavy (non-hydrogen) atoms. The fourth-order valence-electron chi connectivity index (χ4n) is 3.89. The van der Waals surface area contributed by atoms with E-state index >= 15 is 0 Å². The Balaban J connectivity index is 1.51. The quantitative estimate of drug-likeness (QED) is 0.258. The molecule has 6 aromatic rings. The van der Waals surface area contributed by atoms with Crippen molar-refractivity contribution in [2.75, 3.05) is 0 Å². The summed E-state index contributed by atoms with van der Waals surface area (Å²) in [4.78, 5) is 0. The van der Waals surface area contributed by atoms with E-state index in [-0.39, 0.29) is 0 Å². The second kappa shape index (κ2) is 6.70. The van der Waals surface area contributed by atoms with E-state index in [1.54, 1.807) is 0 Å². The summed E-state index contributed by atoms with van der Waals surface area (Å²) in [5.74, 6) is 0. The minimum Gasteiger partial charge on any atom is -0.134 e. The smallest absolute Gasteiger partial charge is 0.0542 e. The van der Waals surface area contributed by atoms with Gasteiger partial charge in [0.25, 0.3) is 0 Å². The van der Waals surface area contributed by atoms with Crippen molar-refractivity contribution in [3.05, 3.63) is 96.0 Å². The van der Waals surface area contributed by atoms with Gasteiger partial charge < -0.3 is 0 Å². The second-order valence-corrected chi connectivity index (χ2v) is 9.70. The summed E-state index contributed by atoms with van der Waals surface area (Å²) >= 11 is 9.84. The van der Waals surface area contributed by atoms with Gasteiger partial charge >= 0.3 is 0 Å². The zero-order chi connectivity index (χ0) is 19.4. The first-order valence-corrected chi connectivity index (χ1v) is 11.5. The molecule has 0 amide bonds. The molecular formula is C26H15ClS2. The molecule has 0 unspecified atom stereocenters. The molecule has 0 aliphatic heterocycles. The monoisotopic (exact) mass is 426 g/mol. The van der Waals surface area contributed by atoms with Crippen LogP contribution in [0.15, 0.2) is 91.0 Å². The van der Waals surface area contributed by atoms with Crippen LogP contribution in [0, 0.1) is 0 Å². The van der Waals surface area contributed by atoms with E-state index < -0.39 is 0 Å². The van der Waals surface area contributed by atoms with Gasteiger partial charge in [-0.25, -0.2) is 0 Å². The van der Waals surface area contributed by atoms with Gasteiger partial charge in [0.2, 0.25) is 0 Å². The van der Waals surface area contributed by atoms with E-state index in [0.717, 1.165) is 5.02 Å². The Labute approximate surface area is 181 Å². The lowest BCUT2D eigenvalue weighted by Gasteiger charge is -2.02. The molecular weight excluding hydrogens is 412 g/mol. The minimum absolute atomic E-state index is 0.771. The molecule has 0 aliphatic rings. The maximum absolute atomic E-state index is 6.04. The fraction of sp³-hybridized carbons (Fsp3) is 0. The van der Waals surface area contributed by atoms with E-state index in [1.807, 2.05) is 34.8 Å². The van der Waals surface area contributed by atoms with Gasteiger partial charge in [-0.3, -0.25) is 0 Å². The predicted molar refractivity (Wildman–Crippen MR) is 131 cm³/mol. The van der Waals surface area contributed by atoms with Crippen LogP contribution in [0.3, 0.4) is 0 Å². The average Bonchev–Trinajstić information content (AvgIpc) is 3.30. The summed E-state index contributed by atoms with van der Waals surface area (Å²) in [5.41, 5.74) is 4.98. The zero-order valence-corrected chi connectivity index (χ0v) is 17.7. The van der Waals surface area contributed by atoms with Crippen LogP contribution in [0.4, 0.5) is 0 Å². The number of hydrogen-bond donors (Lipinski definition) is 0. The third-order valence-electron chi connectivity index (χ3n) is 5.37. The number of thiophene rings is 2. The number of fused-ring (bicyclic) bond motifs is 5. The molecule has 0 atom stereocenters. The summed E-state index contributed by atoms with van der Waals surface area (Å²) in [5, 5.41) is 3.48. The summed E-state index contributed by atoms with van der Waals surface area (Å²) in [6, 6.07) is 32.3. The Morgan fingerprint density at radius 1 is 0.483 bits per heavy atom. The minimum atomic E-state index is 0.771. The fourth-order valence-corrected chi connectivity index (χ4v) is 6.75. The molecule has 0 saturated heterocycles. The Morgan fingerprint density at radius 3 is 1.52 bits per heavy atom. The highest BCUT2D eigenvalue weighted by Crippen LogP contribution is 2.45. The van der Waals surface area contributed by atoms with Crippen LogP contribution in [0.5, 0.6) is 0 Å². The van der Waals surface area contributed by atoms with Gasteiger partial charge in [0, 0.05) is 25.2 Å². The van der Waals surface area contributed by atoms with Gasteiger partial charge in [-0.2, -0.15) is 0 Å². The molecule has 0 bridgehead atoms. The molecule has 0 N–H and O–H groups in total. The molecule has 2 aromatic heterocycles. The van der Waals surface area contributed by atoms with Gasteiger partial charge in [-0.1, -0.05) is 78.3 Å². The van der Waals surface area contributed by atoms with Gasteiger partial charge in [-0.15, -0.1) is 22.7 Å². The van der Waals surface area contributed by atoms with Crippen molar-refractivity contribution in [1.29, 1.82) is 0 Å². The van der Waals surface area contributed by atoms with Gasteiger partial charge in [-0.05, 0) is 46.5 Å². The first kappa shape index (κ1) is 17.2. The number of halogens is 1. The highest BCUT2D eigenvalue weighted by atomic mass is 35.5. The molecule has 0 fully saturated rings. The Bertz CT molecular complexity index is 1490. The molecule has 0 aliphatic carbocycles. The SMILES string of the molecule is Clc1ccc(-c2ccc3c(c2)sc2c4ccc(-c5ccccc5)cc4sc32)cc1. The summed E-state index contributed by atoms with van der Waals surface area (Å²) in [6.45, 7) is 0. The van der Waals surface area contributed by atoms with E-state index in [4.69, 9.17) is 11.6 Å². The highest BCUT2D eigenvalue weighted by Gasteiger charge is 2.13. The van der Waals surface area contributed by atoms with Crippen LogP contribution in [0.1, 0.15) is 0 Å². The standard InChI is InChI=1S/C26H15ClS2/c27-20-10-6-17(7-11-20)19-9-13-22-24(15-19)29-25-21-12-8-18(14-23(21)28-26(22)25)16-4-2-1-3-5-16/h1-15H. The third-order valence-corrected chi connectivity index (χ3v) is 8.12. The maximum atomic E-state index is 6.04. The molecule has 0 spiro atoms. The van der Waals surface area contributed by atoms with Crippen LogP contribution in [0.25, 0.3) is 51.8 Å². The molecule has 4 aromatic carbocycles. The summed E-state index contributed by atoms with van der Waals surface area (Å²) in [7, 11) is 0. The van der Waals surface area contributed by atoms with Crippen molar-refractivity contribution >= 4 is 63.8 Å². The van der Waals surface area contributed by atoms with Crippen molar-refractivity contribution in [1.82, 2.24) is 0 Å². The van der Waals surface area contributed by atoms with Crippen molar-refractivity contribution in [3.63, 3.8) is 0 Å². The number of hydrogen-bond acceptors (Lipinski definition) is 2. The Morgan fingerprint density at radius 2 is 0.966 bits per heavy atom. The Kier molecular flexibility index (Phi) is 3.98. The lowest BCUT2D eigenvalue weighted by Crippen LogP contribution is -1.76. The second-order valence-electron chi connectivity index (χ2n) is 7.16. The lowest BCUT2D eigenvalue weighted by molar-refractivity contribution is 1.66. The van der Waals surface area contributed by atoms with E-state index in [9.17, 15) is 0 Å². The predicted octanol–water partition coefficient (Wildman–Crippen LogP) is 9.26. The molecule has 2 heterocycles. The zero-order valence-electron chi connectivity index (χ0n) is 15.4. The van der Waals surface area contributed by atoms with Gasteiger partial charge in [0.15, 0.2) is 0 Å². The van der Waals surface area contributed by atoms with Gasteiger partial charge in [0.1, 0.15) is 0 Å². The summed E-state index contributed by atoms with van der Waals surface area (Å²) in [6.07, 6.45) is 0. The van der Waals surface area contributed by atoms with E-state index in [1.165, 1.54) is 51.8 Å². The van der Waals surface area contributed by atoms with Crippen LogP contribution in [0.2, 0.25) is 5.02 Å².